The molecule has 5 rings (SSSR count). The molecule has 1 aliphatic heterocycles. The predicted molar refractivity (Wildman–Crippen MR) is 125 cm³/mol. The zero-order valence-electron chi connectivity index (χ0n) is 17.9. The number of sulfonamides is 1. The normalized spacial score (nSPS) is 18.7. The third-order valence-electron chi connectivity index (χ3n) is 6.13. The molecule has 1 aliphatic carbocycles. The number of nitrogens with zero attached hydrogens (tertiary/aromatic N) is 3. The van der Waals surface area contributed by atoms with Gasteiger partial charge in [-0.1, -0.05) is 12.1 Å². The Labute approximate surface area is 192 Å². The van der Waals surface area contributed by atoms with E-state index >= 15 is 0 Å². The third-order valence-corrected chi connectivity index (χ3v) is 8.87. The van der Waals surface area contributed by atoms with Gasteiger partial charge in [0.05, 0.1) is 21.2 Å². The average molecular weight is 471 g/mol. The number of aromatic nitrogens is 1. The second kappa shape index (κ2) is 8.55. The van der Waals surface area contributed by atoms with Gasteiger partial charge in [-0.25, -0.2) is 18.1 Å². The molecule has 32 heavy (non-hydrogen) atoms. The van der Waals surface area contributed by atoms with Crippen LogP contribution in [0.4, 0.5) is 0 Å². The number of carbonyl (C=O) groups excluding carboxylic acids is 1. The maximum Gasteiger partial charge on any atom is 0.253 e. The summed E-state index contributed by atoms with van der Waals surface area (Å²) in [6, 6.07) is 14.7. The van der Waals surface area contributed by atoms with E-state index in [4.69, 9.17) is 4.98 Å². The molecule has 2 aromatic carbocycles. The van der Waals surface area contributed by atoms with Crippen LogP contribution >= 0.6 is 11.3 Å². The highest BCUT2D eigenvalue weighted by atomic mass is 32.2. The second-order valence-electron chi connectivity index (χ2n) is 8.44. The van der Waals surface area contributed by atoms with E-state index in [1.165, 1.54) is 16.8 Å². The van der Waals surface area contributed by atoms with Gasteiger partial charge in [0.1, 0.15) is 5.01 Å². The first-order chi connectivity index (χ1) is 15.4. The van der Waals surface area contributed by atoms with Crippen molar-refractivity contribution in [3.8, 4) is 0 Å². The van der Waals surface area contributed by atoms with Crippen molar-refractivity contribution in [2.75, 3.05) is 26.2 Å². The Morgan fingerprint density at radius 1 is 1.06 bits per heavy atom. The van der Waals surface area contributed by atoms with Crippen molar-refractivity contribution in [1.82, 2.24) is 19.5 Å². The lowest BCUT2D eigenvalue weighted by Crippen LogP contribution is -2.49. The van der Waals surface area contributed by atoms with Gasteiger partial charge in [-0.2, -0.15) is 0 Å². The van der Waals surface area contributed by atoms with Gasteiger partial charge in [-0.3, -0.25) is 9.69 Å². The van der Waals surface area contributed by atoms with E-state index in [2.05, 4.69) is 22.6 Å². The Morgan fingerprint density at radius 3 is 2.41 bits per heavy atom. The van der Waals surface area contributed by atoms with Crippen LogP contribution in [0.15, 0.2) is 53.4 Å². The fourth-order valence-electron chi connectivity index (χ4n) is 3.99. The molecule has 0 radical (unpaired) electrons. The number of hydrogen-bond acceptors (Lipinski definition) is 6. The van der Waals surface area contributed by atoms with Gasteiger partial charge in [0.2, 0.25) is 10.0 Å². The minimum absolute atomic E-state index is 0.0581. The lowest BCUT2D eigenvalue weighted by Gasteiger charge is -2.37. The molecule has 1 atom stereocenters. The summed E-state index contributed by atoms with van der Waals surface area (Å²) in [5.74, 6) is -0.0589. The third kappa shape index (κ3) is 4.43. The van der Waals surface area contributed by atoms with Crippen molar-refractivity contribution in [1.29, 1.82) is 0 Å². The Morgan fingerprint density at radius 2 is 1.75 bits per heavy atom. The maximum absolute atomic E-state index is 12.9. The van der Waals surface area contributed by atoms with Crippen LogP contribution in [0.1, 0.15) is 41.2 Å². The Bertz CT molecular complexity index is 1190. The lowest BCUT2D eigenvalue weighted by molar-refractivity contribution is 0.0582. The van der Waals surface area contributed by atoms with Crippen molar-refractivity contribution in [2.45, 2.75) is 36.7 Å². The molecule has 0 bridgehead atoms. The van der Waals surface area contributed by atoms with Crippen LogP contribution < -0.4 is 4.72 Å². The Balaban J connectivity index is 1.20. The van der Waals surface area contributed by atoms with Gasteiger partial charge >= 0.3 is 0 Å². The number of nitrogens with one attached hydrogen (secondary N) is 1. The number of hydrogen-bond donors (Lipinski definition) is 1. The Hall–Kier alpha value is -2.33. The summed E-state index contributed by atoms with van der Waals surface area (Å²) >= 11 is 1.73. The molecule has 3 aromatic rings. The monoisotopic (exact) mass is 470 g/mol. The van der Waals surface area contributed by atoms with E-state index in [-0.39, 0.29) is 22.9 Å². The first kappa shape index (κ1) is 21.5. The van der Waals surface area contributed by atoms with Gasteiger partial charge < -0.3 is 4.90 Å². The zero-order valence-corrected chi connectivity index (χ0v) is 19.5. The Kier molecular flexibility index (Phi) is 5.75. The van der Waals surface area contributed by atoms with E-state index in [1.807, 2.05) is 23.1 Å². The highest BCUT2D eigenvalue weighted by molar-refractivity contribution is 7.89. The summed E-state index contributed by atoms with van der Waals surface area (Å²) in [5.41, 5.74) is 1.55. The topological polar surface area (TPSA) is 82.6 Å². The van der Waals surface area contributed by atoms with Crippen LogP contribution in [-0.2, 0) is 10.0 Å². The smallest absolute Gasteiger partial charge is 0.253 e. The van der Waals surface area contributed by atoms with Gasteiger partial charge in [-0.05, 0) is 56.2 Å². The molecule has 2 fully saturated rings. The van der Waals surface area contributed by atoms with E-state index in [0.717, 1.165) is 36.5 Å². The molecule has 0 spiro atoms. The van der Waals surface area contributed by atoms with Crippen molar-refractivity contribution < 1.29 is 13.2 Å². The molecule has 1 amide bonds. The summed E-state index contributed by atoms with van der Waals surface area (Å²) in [4.78, 5) is 22.1. The number of rotatable bonds is 6. The largest absolute Gasteiger partial charge is 0.336 e. The van der Waals surface area contributed by atoms with Crippen LogP contribution in [0.25, 0.3) is 10.2 Å². The highest BCUT2D eigenvalue weighted by Gasteiger charge is 2.29. The molecular weight excluding hydrogens is 444 g/mol. The molecule has 1 saturated heterocycles. The maximum atomic E-state index is 12.9. The minimum Gasteiger partial charge on any atom is -0.336 e. The fourth-order valence-corrected chi connectivity index (χ4v) is 6.34. The van der Waals surface area contributed by atoms with Gasteiger partial charge in [0, 0.05) is 37.8 Å². The predicted octanol–water partition coefficient (Wildman–Crippen LogP) is 3.26. The average Bonchev–Trinajstić information content (AvgIpc) is 3.51. The molecule has 2 heterocycles. The van der Waals surface area contributed by atoms with Crippen LogP contribution in [0.2, 0.25) is 0 Å². The van der Waals surface area contributed by atoms with Gasteiger partial charge in [0.25, 0.3) is 5.91 Å². The van der Waals surface area contributed by atoms with E-state index < -0.39 is 10.0 Å². The summed E-state index contributed by atoms with van der Waals surface area (Å²) in [7, 11) is -3.50. The van der Waals surface area contributed by atoms with E-state index in [1.54, 1.807) is 23.5 Å². The van der Waals surface area contributed by atoms with Crippen molar-refractivity contribution in [3.05, 3.63) is 59.1 Å². The summed E-state index contributed by atoms with van der Waals surface area (Å²) < 4.78 is 28.5. The molecule has 1 aromatic heterocycles. The van der Waals surface area contributed by atoms with Crippen LogP contribution in [-0.4, -0.2) is 61.3 Å². The number of fused-ring (bicyclic) bond motifs is 1. The van der Waals surface area contributed by atoms with Crippen LogP contribution in [0, 0.1) is 0 Å². The summed E-state index contributed by atoms with van der Waals surface area (Å²) in [6.45, 7) is 5.00. The standard InChI is InChI=1S/C23H26N4O3S2/c1-16(22-24-20-4-2-3-5-21(20)31-22)26-12-14-27(15-13-26)23(28)17-6-10-19(11-7-17)32(29,30)25-18-8-9-18/h2-7,10-11,16,18,25H,8-9,12-15H2,1H3/t16-/m1/s1. The molecule has 9 heteroatoms. The first-order valence-corrected chi connectivity index (χ1v) is 13.2. The molecule has 7 nitrogen and oxygen atoms in total. The van der Waals surface area contributed by atoms with Crippen molar-refractivity contribution in [3.63, 3.8) is 0 Å². The molecule has 1 saturated carbocycles. The lowest BCUT2D eigenvalue weighted by atomic mass is 10.1. The second-order valence-corrected chi connectivity index (χ2v) is 11.2. The van der Waals surface area contributed by atoms with E-state index in [0.29, 0.717) is 18.7 Å². The molecular formula is C23H26N4O3S2. The van der Waals surface area contributed by atoms with Crippen molar-refractivity contribution >= 4 is 37.5 Å². The molecule has 1 N–H and O–H groups in total. The SMILES string of the molecule is C[C@H](c1nc2ccccc2s1)N1CCN(C(=O)c2ccc(S(=O)(=O)NC3CC3)cc2)CC1. The van der Waals surface area contributed by atoms with Gasteiger partial charge in [-0.15, -0.1) is 11.3 Å². The quantitative estimate of drug-likeness (QED) is 0.598. The minimum atomic E-state index is -3.50. The molecule has 168 valence electrons. The number of amides is 1. The molecule has 0 unspecified atom stereocenters. The number of carbonyl (C=O) groups is 1. The van der Waals surface area contributed by atoms with Gasteiger partial charge in [0.15, 0.2) is 0 Å². The highest BCUT2D eigenvalue weighted by Crippen LogP contribution is 2.30. The van der Waals surface area contributed by atoms with Crippen LogP contribution in [0.5, 0.6) is 0 Å². The molecule has 2 aliphatic rings. The fraction of sp³-hybridized carbons (Fsp3) is 0.391. The zero-order chi connectivity index (χ0) is 22.3. The van der Waals surface area contributed by atoms with Crippen LogP contribution in [0.3, 0.4) is 0 Å². The number of piperazine rings is 1. The number of benzene rings is 2. The number of para-hydroxylation sites is 1. The number of thiazole rings is 1. The van der Waals surface area contributed by atoms with E-state index in [9.17, 15) is 13.2 Å². The van der Waals surface area contributed by atoms with Crippen molar-refractivity contribution in [2.24, 2.45) is 0 Å². The summed E-state index contributed by atoms with van der Waals surface area (Å²) in [6.07, 6.45) is 1.78. The summed E-state index contributed by atoms with van der Waals surface area (Å²) in [5, 5.41) is 1.10. The first-order valence-electron chi connectivity index (χ1n) is 10.9.